The van der Waals surface area contributed by atoms with Gasteiger partial charge in [0.15, 0.2) is 0 Å². The fraction of sp³-hybridized carbons (Fsp3) is 0.786. The van der Waals surface area contributed by atoms with E-state index in [2.05, 4.69) is 10.4 Å². The Morgan fingerprint density at radius 3 is 2.76 bits per heavy atom. The zero-order chi connectivity index (χ0) is 15.5. The molecule has 2 heterocycles. The summed E-state index contributed by atoms with van der Waals surface area (Å²) in [6.45, 7) is 5.86. The van der Waals surface area contributed by atoms with Gasteiger partial charge in [0.25, 0.3) is 0 Å². The van der Waals surface area contributed by atoms with Gasteiger partial charge in [-0.3, -0.25) is 9.58 Å². The molecule has 0 radical (unpaired) electrons. The number of aryl methyl sites for hydroxylation is 3. The van der Waals surface area contributed by atoms with E-state index >= 15 is 0 Å². The fourth-order valence-corrected chi connectivity index (χ4v) is 2.83. The number of nitrogens with one attached hydrogen (secondary N) is 1. The molecule has 0 bridgehead atoms. The van der Waals surface area contributed by atoms with Gasteiger partial charge in [-0.2, -0.15) is 18.3 Å². The molecular formula is C14H23F3N4. The maximum atomic E-state index is 12.3. The molecule has 120 valence electrons. The second-order valence-corrected chi connectivity index (χ2v) is 5.79. The summed E-state index contributed by atoms with van der Waals surface area (Å²) in [6, 6.07) is 2.21. The third-order valence-electron chi connectivity index (χ3n) is 3.76. The summed E-state index contributed by atoms with van der Waals surface area (Å²) in [6.07, 6.45) is -2.38. The summed E-state index contributed by atoms with van der Waals surface area (Å²) in [7, 11) is 0. The molecular weight excluding hydrogens is 281 g/mol. The molecule has 0 spiro atoms. The van der Waals surface area contributed by atoms with Crippen LogP contribution in [0.4, 0.5) is 13.2 Å². The van der Waals surface area contributed by atoms with E-state index in [1.54, 1.807) is 0 Å². The van der Waals surface area contributed by atoms with Crippen molar-refractivity contribution in [2.75, 3.05) is 26.2 Å². The van der Waals surface area contributed by atoms with Crippen LogP contribution in [0, 0.1) is 13.8 Å². The molecule has 1 saturated heterocycles. The van der Waals surface area contributed by atoms with Gasteiger partial charge in [0.2, 0.25) is 0 Å². The van der Waals surface area contributed by atoms with Crippen molar-refractivity contribution in [3.8, 4) is 0 Å². The highest BCUT2D eigenvalue weighted by Crippen LogP contribution is 2.19. The van der Waals surface area contributed by atoms with Gasteiger partial charge in [0.1, 0.15) is 0 Å². The smallest absolute Gasteiger partial charge is 0.313 e. The van der Waals surface area contributed by atoms with E-state index in [0.717, 1.165) is 37.3 Å². The molecule has 4 nitrogen and oxygen atoms in total. The molecule has 21 heavy (non-hydrogen) atoms. The molecule has 1 aromatic heterocycles. The van der Waals surface area contributed by atoms with Crippen molar-refractivity contribution in [3.63, 3.8) is 0 Å². The predicted molar refractivity (Wildman–Crippen MR) is 75.2 cm³/mol. The average Bonchev–Trinajstić information content (AvgIpc) is 2.90. The first kappa shape index (κ1) is 16.3. The molecule has 1 fully saturated rings. The number of hydrogen-bond acceptors (Lipinski definition) is 3. The van der Waals surface area contributed by atoms with E-state index in [0.29, 0.717) is 13.1 Å². The second kappa shape index (κ2) is 6.79. The van der Waals surface area contributed by atoms with Crippen molar-refractivity contribution in [1.82, 2.24) is 20.0 Å². The lowest BCUT2D eigenvalue weighted by Crippen LogP contribution is -2.37. The lowest BCUT2D eigenvalue weighted by atomic mass is 10.2. The van der Waals surface area contributed by atoms with Gasteiger partial charge in [-0.25, -0.2) is 0 Å². The lowest BCUT2D eigenvalue weighted by Gasteiger charge is -2.18. The van der Waals surface area contributed by atoms with E-state index in [1.807, 2.05) is 24.6 Å². The monoisotopic (exact) mass is 304 g/mol. The minimum Gasteiger partial charge on any atom is -0.313 e. The Hall–Kier alpha value is -1.08. The normalized spacial score (nSPS) is 20.3. The Labute approximate surface area is 123 Å². The van der Waals surface area contributed by atoms with E-state index in [1.165, 1.54) is 4.90 Å². The second-order valence-electron chi connectivity index (χ2n) is 5.79. The van der Waals surface area contributed by atoms with E-state index < -0.39 is 12.7 Å². The Balaban J connectivity index is 1.63. The van der Waals surface area contributed by atoms with Crippen LogP contribution in [0.1, 0.15) is 24.2 Å². The van der Waals surface area contributed by atoms with Crippen LogP contribution in [0.15, 0.2) is 6.07 Å². The molecule has 0 saturated carbocycles. The maximum Gasteiger partial charge on any atom is 0.401 e. The summed E-state index contributed by atoms with van der Waals surface area (Å²) < 4.78 is 38.9. The number of halogens is 3. The highest BCUT2D eigenvalue weighted by molar-refractivity contribution is 5.06. The SMILES string of the molecule is Cc1cc(C)n(CCCNC2CCN(CC(F)(F)F)C2)n1. The van der Waals surface area contributed by atoms with Crippen LogP contribution in [0.25, 0.3) is 0 Å². The first-order valence-electron chi connectivity index (χ1n) is 7.37. The summed E-state index contributed by atoms with van der Waals surface area (Å²) in [5, 5.41) is 7.73. The zero-order valence-corrected chi connectivity index (χ0v) is 12.6. The molecule has 1 aliphatic rings. The average molecular weight is 304 g/mol. The first-order chi connectivity index (χ1) is 9.83. The van der Waals surface area contributed by atoms with Gasteiger partial charge < -0.3 is 5.32 Å². The van der Waals surface area contributed by atoms with Gasteiger partial charge >= 0.3 is 6.18 Å². The molecule has 2 rings (SSSR count). The summed E-state index contributed by atoms with van der Waals surface area (Å²) in [5.41, 5.74) is 2.16. The molecule has 1 atom stereocenters. The van der Waals surface area contributed by atoms with Gasteiger partial charge in [-0.05, 0) is 39.3 Å². The van der Waals surface area contributed by atoms with Gasteiger partial charge in [0.05, 0.1) is 12.2 Å². The molecule has 0 aliphatic carbocycles. The minimum atomic E-state index is -4.09. The number of rotatable bonds is 6. The fourth-order valence-electron chi connectivity index (χ4n) is 2.83. The summed E-state index contributed by atoms with van der Waals surface area (Å²) >= 11 is 0. The highest BCUT2D eigenvalue weighted by atomic mass is 19.4. The number of aromatic nitrogens is 2. The Kier molecular flexibility index (Phi) is 5.27. The highest BCUT2D eigenvalue weighted by Gasteiger charge is 2.34. The summed E-state index contributed by atoms with van der Waals surface area (Å²) in [4.78, 5) is 1.47. The van der Waals surface area contributed by atoms with E-state index in [-0.39, 0.29) is 6.04 Å². The topological polar surface area (TPSA) is 33.1 Å². The molecule has 1 N–H and O–H groups in total. The quantitative estimate of drug-likeness (QED) is 0.817. The van der Waals surface area contributed by atoms with Crippen LogP contribution < -0.4 is 5.32 Å². The number of hydrogen-bond donors (Lipinski definition) is 1. The third-order valence-corrected chi connectivity index (χ3v) is 3.76. The number of nitrogens with zero attached hydrogens (tertiary/aromatic N) is 3. The van der Waals surface area contributed by atoms with Gasteiger partial charge in [-0.15, -0.1) is 0 Å². The standard InChI is InChI=1S/C14H23F3N4/c1-11-8-12(2)21(19-11)6-3-5-18-13-4-7-20(9-13)10-14(15,16)17/h8,13,18H,3-7,9-10H2,1-2H3. The van der Waals surface area contributed by atoms with Crippen LogP contribution in [0.5, 0.6) is 0 Å². The van der Waals surface area contributed by atoms with E-state index in [4.69, 9.17) is 0 Å². The maximum absolute atomic E-state index is 12.3. The Bertz CT molecular complexity index is 456. The van der Waals surface area contributed by atoms with Crippen molar-refractivity contribution in [1.29, 1.82) is 0 Å². The minimum absolute atomic E-state index is 0.174. The summed E-state index contributed by atoms with van der Waals surface area (Å²) in [5.74, 6) is 0. The molecule has 7 heteroatoms. The number of likely N-dealkylation sites (tertiary alicyclic amines) is 1. The van der Waals surface area contributed by atoms with Crippen molar-refractivity contribution in [2.45, 2.75) is 45.5 Å². The van der Waals surface area contributed by atoms with Crippen molar-refractivity contribution in [3.05, 3.63) is 17.5 Å². The molecule has 1 aliphatic heterocycles. The van der Waals surface area contributed by atoms with Gasteiger partial charge in [0, 0.05) is 31.4 Å². The molecule has 1 unspecified atom stereocenters. The van der Waals surface area contributed by atoms with Crippen LogP contribution in [-0.4, -0.2) is 53.1 Å². The lowest BCUT2D eigenvalue weighted by molar-refractivity contribution is -0.143. The van der Waals surface area contributed by atoms with Crippen molar-refractivity contribution in [2.24, 2.45) is 0 Å². The Morgan fingerprint density at radius 1 is 1.38 bits per heavy atom. The molecule has 1 aromatic rings. The van der Waals surface area contributed by atoms with E-state index in [9.17, 15) is 13.2 Å². The third kappa shape index (κ3) is 5.32. The molecule has 0 aromatic carbocycles. The predicted octanol–water partition coefficient (Wildman–Crippen LogP) is 2.12. The van der Waals surface area contributed by atoms with Crippen molar-refractivity contribution < 1.29 is 13.2 Å². The van der Waals surface area contributed by atoms with Crippen LogP contribution in [-0.2, 0) is 6.54 Å². The van der Waals surface area contributed by atoms with Gasteiger partial charge in [-0.1, -0.05) is 0 Å². The number of alkyl halides is 3. The van der Waals surface area contributed by atoms with Crippen molar-refractivity contribution >= 4 is 0 Å². The Morgan fingerprint density at radius 2 is 2.14 bits per heavy atom. The van der Waals surface area contributed by atoms with Crippen LogP contribution >= 0.6 is 0 Å². The first-order valence-corrected chi connectivity index (χ1v) is 7.37. The zero-order valence-electron chi connectivity index (χ0n) is 12.6. The molecule has 0 amide bonds. The largest absolute Gasteiger partial charge is 0.401 e. The van der Waals surface area contributed by atoms with Crippen LogP contribution in [0.3, 0.4) is 0 Å². The van der Waals surface area contributed by atoms with Crippen LogP contribution in [0.2, 0.25) is 0 Å².